The molecule has 3 nitrogen and oxygen atoms in total. The van der Waals surface area contributed by atoms with Crippen molar-refractivity contribution in [1.82, 2.24) is 0 Å². The summed E-state index contributed by atoms with van der Waals surface area (Å²) in [5.74, 6) is 0. The molecular weight excluding hydrogens is 471 g/mol. The van der Waals surface area contributed by atoms with Crippen LogP contribution in [0.15, 0.2) is 51.0 Å². The lowest BCUT2D eigenvalue weighted by Gasteiger charge is -2.02. The number of benzene rings is 2. The minimum absolute atomic E-state index is 0.361. The Bertz CT molecular complexity index is 978. The fourth-order valence-corrected chi connectivity index (χ4v) is 4.04. The van der Waals surface area contributed by atoms with Gasteiger partial charge in [-0.2, -0.15) is 0 Å². The topological polar surface area (TPSA) is 37.1 Å². The zero-order chi connectivity index (χ0) is 19.6. The smallest absolute Gasteiger partial charge is 0.100 e. The van der Waals surface area contributed by atoms with Gasteiger partial charge in [-0.3, -0.25) is 15.0 Å². The molecule has 0 amide bonds. The molecule has 0 N–H and O–H groups in total. The predicted octanol–water partition coefficient (Wildman–Crippen LogP) is 8.44. The molecule has 3 rings (SSSR count). The lowest BCUT2D eigenvalue weighted by Crippen LogP contribution is -1.93. The molecule has 2 aromatic rings. The maximum atomic E-state index is 6.12. The highest BCUT2D eigenvalue weighted by Crippen LogP contribution is 2.37. The first-order valence-corrected chi connectivity index (χ1v) is 9.75. The molecule has 1 aliphatic heterocycles. The van der Waals surface area contributed by atoms with Crippen LogP contribution in [0.2, 0.25) is 30.1 Å². The monoisotopic (exact) mass is 477 g/mol. The van der Waals surface area contributed by atoms with Gasteiger partial charge in [0.25, 0.3) is 0 Å². The quantitative estimate of drug-likeness (QED) is 0.394. The maximum absolute atomic E-state index is 6.12. The van der Waals surface area contributed by atoms with Crippen LogP contribution in [0.5, 0.6) is 0 Å². The number of hydrogen-bond acceptors (Lipinski definition) is 3. The fraction of sp³-hybridized carbons (Fsp3) is 0.0556. The molecule has 138 valence electrons. The minimum atomic E-state index is 0.361. The minimum Gasteiger partial charge on any atom is -0.252 e. The van der Waals surface area contributed by atoms with Crippen LogP contribution < -0.4 is 0 Å². The molecule has 0 radical (unpaired) electrons. The van der Waals surface area contributed by atoms with E-state index in [9.17, 15) is 0 Å². The van der Waals surface area contributed by atoms with E-state index < -0.39 is 0 Å². The summed E-state index contributed by atoms with van der Waals surface area (Å²) in [6.45, 7) is 0. The van der Waals surface area contributed by atoms with Crippen LogP contribution in [0.4, 0.5) is 11.4 Å². The average Bonchev–Trinajstić information content (AvgIpc) is 3.00. The first-order valence-electron chi connectivity index (χ1n) is 7.48. The van der Waals surface area contributed by atoms with E-state index in [0.717, 1.165) is 5.71 Å². The maximum Gasteiger partial charge on any atom is 0.100 e. The van der Waals surface area contributed by atoms with Gasteiger partial charge in [-0.25, -0.2) is 0 Å². The predicted molar refractivity (Wildman–Crippen MR) is 119 cm³/mol. The van der Waals surface area contributed by atoms with E-state index in [1.54, 1.807) is 36.7 Å². The van der Waals surface area contributed by atoms with Crippen molar-refractivity contribution in [2.75, 3.05) is 0 Å². The molecule has 0 atom stereocenters. The third-order valence-corrected chi connectivity index (χ3v) is 5.01. The molecule has 0 bridgehead atoms. The Morgan fingerprint density at radius 2 is 1.15 bits per heavy atom. The van der Waals surface area contributed by atoms with Gasteiger partial charge in [0.05, 0.1) is 37.7 Å². The first-order chi connectivity index (χ1) is 12.8. The van der Waals surface area contributed by atoms with Crippen LogP contribution in [-0.2, 0) is 0 Å². The highest BCUT2D eigenvalue weighted by molar-refractivity contribution is 6.43. The van der Waals surface area contributed by atoms with Crippen molar-refractivity contribution in [3.63, 3.8) is 0 Å². The first kappa shape index (κ1) is 20.7. The van der Waals surface area contributed by atoms with Crippen molar-refractivity contribution in [1.29, 1.82) is 0 Å². The molecule has 27 heavy (non-hydrogen) atoms. The Kier molecular flexibility index (Phi) is 6.85. The van der Waals surface area contributed by atoms with E-state index in [4.69, 9.17) is 69.6 Å². The summed E-state index contributed by atoms with van der Waals surface area (Å²) in [4.78, 5) is 13.0. The van der Waals surface area contributed by atoms with Gasteiger partial charge < -0.3 is 0 Å². The highest BCUT2D eigenvalue weighted by Gasteiger charge is 2.10. The van der Waals surface area contributed by atoms with Gasteiger partial charge in [-0.05, 0) is 24.3 Å². The fourth-order valence-electron chi connectivity index (χ4n) is 2.21. The average molecular weight is 480 g/mol. The standard InChI is InChI=1S/C18H9Cl6N3/c19-9-3-13(21)17(14(22)4-9)25-7-11-1-2-12(27-11)8-26-18-15(23)5-10(20)6-16(18)24/h1,3-8H,2H2. The molecule has 9 heteroatoms. The summed E-state index contributed by atoms with van der Waals surface area (Å²) in [5, 5.41) is 2.34. The molecule has 0 saturated carbocycles. The van der Waals surface area contributed by atoms with Crippen molar-refractivity contribution < 1.29 is 0 Å². The molecule has 0 fully saturated rings. The number of allylic oxidation sites excluding steroid dienone is 2. The largest absolute Gasteiger partial charge is 0.252 e. The van der Waals surface area contributed by atoms with Crippen molar-refractivity contribution in [2.24, 2.45) is 15.0 Å². The van der Waals surface area contributed by atoms with E-state index in [1.807, 2.05) is 6.08 Å². The van der Waals surface area contributed by atoms with Crippen LogP contribution in [0.25, 0.3) is 0 Å². The molecule has 1 aliphatic rings. The van der Waals surface area contributed by atoms with Gasteiger partial charge in [0.2, 0.25) is 0 Å². The lowest BCUT2D eigenvalue weighted by atomic mass is 10.3. The highest BCUT2D eigenvalue weighted by atomic mass is 35.5. The Hall–Kier alpha value is -1.07. The van der Waals surface area contributed by atoms with E-state index in [0.29, 0.717) is 53.6 Å². The Morgan fingerprint density at radius 1 is 0.704 bits per heavy atom. The molecule has 0 spiro atoms. The van der Waals surface area contributed by atoms with Gasteiger partial charge in [0, 0.05) is 22.7 Å². The third-order valence-electron chi connectivity index (χ3n) is 3.42. The summed E-state index contributed by atoms with van der Waals surface area (Å²) >= 11 is 36.2. The van der Waals surface area contributed by atoms with Gasteiger partial charge in [-0.15, -0.1) is 0 Å². The summed E-state index contributed by atoms with van der Waals surface area (Å²) in [6.07, 6.45) is 5.66. The summed E-state index contributed by atoms with van der Waals surface area (Å²) in [6, 6.07) is 6.30. The molecule has 0 aromatic heterocycles. The number of hydrogen-bond donors (Lipinski definition) is 0. The molecular formula is C18H9Cl6N3. The van der Waals surface area contributed by atoms with E-state index in [1.165, 1.54) is 0 Å². The van der Waals surface area contributed by atoms with E-state index in [2.05, 4.69) is 15.0 Å². The van der Waals surface area contributed by atoms with Crippen LogP contribution in [-0.4, -0.2) is 18.1 Å². The molecule has 0 unspecified atom stereocenters. The van der Waals surface area contributed by atoms with E-state index in [-0.39, 0.29) is 0 Å². The Labute approximate surface area is 185 Å². The van der Waals surface area contributed by atoms with Crippen LogP contribution in [0, 0.1) is 0 Å². The second-order valence-electron chi connectivity index (χ2n) is 5.39. The summed E-state index contributed by atoms with van der Waals surface area (Å²) in [7, 11) is 0. The molecule has 1 heterocycles. The molecule has 0 saturated heterocycles. The van der Waals surface area contributed by atoms with Gasteiger partial charge in [0.15, 0.2) is 0 Å². The van der Waals surface area contributed by atoms with Gasteiger partial charge in [-0.1, -0.05) is 75.7 Å². The van der Waals surface area contributed by atoms with Crippen molar-refractivity contribution in [2.45, 2.75) is 6.42 Å². The van der Waals surface area contributed by atoms with Gasteiger partial charge >= 0.3 is 0 Å². The van der Waals surface area contributed by atoms with Gasteiger partial charge in [0.1, 0.15) is 11.4 Å². The number of rotatable bonds is 4. The Balaban J connectivity index is 1.75. The van der Waals surface area contributed by atoms with Crippen LogP contribution >= 0.6 is 69.6 Å². The van der Waals surface area contributed by atoms with Crippen LogP contribution in [0.3, 0.4) is 0 Å². The zero-order valence-corrected chi connectivity index (χ0v) is 17.9. The Morgan fingerprint density at radius 3 is 1.63 bits per heavy atom. The lowest BCUT2D eigenvalue weighted by molar-refractivity contribution is 1.47. The van der Waals surface area contributed by atoms with Crippen molar-refractivity contribution >= 4 is 99.1 Å². The van der Waals surface area contributed by atoms with E-state index >= 15 is 0 Å². The number of nitrogens with zero attached hydrogens (tertiary/aromatic N) is 3. The molecule has 0 aliphatic carbocycles. The van der Waals surface area contributed by atoms with Crippen molar-refractivity contribution in [3.05, 3.63) is 66.2 Å². The SMILES string of the molecule is Clc1cc(Cl)c(N=CC2=CCC(C=Nc3c(Cl)cc(Cl)cc3Cl)=N2)c(Cl)c1. The number of aliphatic imine (C=N–C) groups is 3. The summed E-state index contributed by atoms with van der Waals surface area (Å²) in [5.41, 5.74) is 2.26. The second kappa shape index (κ2) is 8.95. The second-order valence-corrected chi connectivity index (χ2v) is 7.89. The van der Waals surface area contributed by atoms with Crippen molar-refractivity contribution in [3.8, 4) is 0 Å². The third kappa shape index (κ3) is 5.26. The number of halogens is 6. The zero-order valence-electron chi connectivity index (χ0n) is 13.4. The van der Waals surface area contributed by atoms with Crippen LogP contribution in [0.1, 0.15) is 6.42 Å². The summed E-state index contributed by atoms with van der Waals surface area (Å²) < 4.78 is 0. The normalized spacial score (nSPS) is 14.3. The molecule has 2 aromatic carbocycles.